The number of hydrogen-bond acceptors (Lipinski definition) is 2. The van der Waals surface area contributed by atoms with Crippen molar-refractivity contribution in [1.82, 2.24) is 4.90 Å². The molecule has 0 aliphatic rings. The maximum Gasteiger partial charge on any atom is 0.304 e. The second-order valence-electron chi connectivity index (χ2n) is 4.55. The normalized spacial score (nSPS) is 11.6. The molecule has 0 radical (unpaired) electrons. The van der Waals surface area contributed by atoms with Gasteiger partial charge in [0, 0.05) is 19.1 Å². The number of carbonyl (C=O) groups is 1. The van der Waals surface area contributed by atoms with Gasteiger partial charge in [0.15, 0.2) is 0 Å². The molecule has 3 nitrogen and oxygen atoms in total. The minimum absolute atomic E-state index is 0.192. The van der Waals surface area contributed by atoms with Gasteiger partial charge < -0.3 is 5.11 Å². The first kappa shape index (κ1) is 14.5. The van der Waals surface area contributed by atoms with Gasteiger partial charge in [0.25, 0.3) is 0 Å². The summed E-state index contributed by atoms with van der Waals surface area (Å²) >= 11 is 0. The van der Waals surface area contributed by atoms with Crippen LogP contribution < -0.4 is 0 Å². The van der Waals surface area contributed by atoms with Gasteiger partial charge in [-0.25, -0.2) is 0 Å². The van der Waals surface area contributed by atoms with E-state index >= 15 is 0 Å². The lowest BCUT2D eigenvalue weighted by molar-refractivity contribution is -0.137. The number of carboxylic acid groups (broad SMARTS) is 1. The summed E-state index contributed by atoms with van der Waals surface area (Å²) in [6.45, 7) is 5.53. The van der Waals surface area contributed by atoms with E-state index < -0.39 is 5.97 Å². The molecule has 1 rings (SSSR count). The Kier molecular flexibility index (Phi) is 6.15. The van der Waals surface area contributed by atoms with Gasteiger partial charge in [0.05, 0.1) is 6.42 Å². The molecule has 1 aromatic rings. The van der Waals surface area contributed by atoms with E-state index in [0.717, 1.165) is 6.54 Å². The second-order valence-corrected chi connectivity index (χ2v) is 4.55. The van der Waals surface area contributed by atoms with Gasteiger partial charge in [-0.15, -0.1) is 0 Å². The van der Waals surface area contributed by atoms with Crippen molar-refractivity contribution in [2.24, 2.45) is 0 Å². The van der Waals surface area contributed by atoms with Crippen molar-refractivity contribution in [2.45, 2.75) is 26.3 Å². The highest BCUT2D eigenvalue weighted by Crippen LogP contribution is 2.04. The molecular formula is C15H21NO2. The zero-order chi connectivity index (χ0) is 13.4. The quantitative estimate of drug-likeness (QED) is 0.805. The van der Waals surface area contributed by atoms with Gasteiger partial charge in [-0.3, -0.25) is 9.69 Å². The molecule has 0 amide bonds. The summed E-state index contributed by atoms with van der Waals surface area (Å²) in [4.78, 5) is 12.7. The summed E-state index contributed by atoms with van der Waals surface area (Å²) in [7, 11) is 0. The molecule has 1 N–H and O–H groups in total. The van der Waals surface area contributed by atoms with Crippen molar-refractivity contribution in [3.63, 3.8) is 0 Å². The molecule has 0 spiro atoms. The standard InChI is InChI=1S/C15H21NO2/c1-13(2)16(12-10-15(17)18)11-6-9-14-7-4-3-5-8-14/h3-9,13H,10-12H2,1-2H3,(H,17,18)/b9-6+. The lowest BCUT2D eigenvalue weighted by Gasteiger charge is -2.24. The summed E-state index contributed by atoms with van der Waals surface area (Å²) < 4.78 is 0. The van der Waals surface area contributed by atoms with Crippen LogP contribution in [0.5, 0.6) is 0 Å². The van der Waals surface area contributed by atoms with Crippen LogP contribution in [0.25, 0.3) is 6.08 Å². The molecule has 0 saturated carbocycles. The molecule has 98 valence electrons. The third-order valence-corrected chi connectivity index (χ3v) is 2.79. The molecule has 0 saturated heterocycles. The Morgan fingerprint density at radius 1 is 1.33 bits per heavy atom. The highest BCUT2D eigenvalue weighted by molar-refractivity contribution is 5.66. The van der Waals surface area contributed by atoms with E-state index in [-0.39, 0.29) is 6.42 Å². The smallest absolute Gasteiger partial charge is 0.304 e. The Hall–Kier alpha value is -1.61. The van der Waals surface area contributed by atoms with E-state index in [1.807, 2.05) is 30.3 Å². The SMILES string of the molecule is CC(C)N(C/C=C/c1ccccc1)CCC(=O)O. The average Bonchev–Trinajstić information content (AvgIpc) is 2.34. The molecular weight excluding hydrogens is 226 g/mol. The van der Waals surface area contributed by atoms with Crippen LogP contribution >= 0.6 is 0 Å². The highest BCUT2D eigenvalue weighted by atomic mass is 16.4. The third-order valence-electron chi connectivity index (χ3n) is 2.79. The lowest BCUT2D eigenvalue weighted by Crippen LogP contribution is -2.33. The minimum Gasteiger partial charge on any atom is -0.481 e. The van der Waals surface area contributed by atoms with Gasteiger partial charge in [-0.2, -0.15) is 0 Å². The van der Waals surface area contributed by atoms with Crippen LogP contribution in [0.4, 0.5) is 0 Å². The van der Waals surface area contributed by atoms with Crippen molar-refractivity contribution < 1.29 is 9.90 Å². The molecule has 0 aliphatic carbocycles. The predicted molar refractivity (Wildman–Crippen MR) is 74.4 cm³/mol. The second kappa shape index (κ2) is 7.67. The molecule has 0 unspecified atom stereocenters. The molecule has 0 heterocycles. The van der Waals surface area contributed by atoms with E-state index in [1.54, 1.807) is 0 Å². The molecule has 1 aromatic carbocycles. The number of rotatable bonds is 7. The zero-order valence-electron chi connectivity index (χ0n) is 11.0. The molecule has 18 heavy (non-hydrogen) atoms. The Morgan fingerprint density at radius 2 is 2.00 bits per heavy atom. The first-order chi connectivity index (χ1) is 8.59. The summed E-state index contributed by atoms with van der Waals surface area (Å²) in [5.74, 6) is -0.743. The first-order valence-corrected chi connectivity index (χ1v) is 6.27. The fourth-order valence-electron chi connectivity index (χ4n) is 1.69. The van der Waals surface area contributed by atoms with E-state index in [0.29, 0.717) is 12.6 Å². The summed E-state index contributed by atoms with van der Waals surface area (Å²) in [6, 6.07) is 10.4. The summed E-state index contributed by atoms with van der Waals surface area (Å²) in [6.07, 6.45) is 4.34. The van der Waals surface area contributed by atoms with Gasteiger partial charge in [0.2, 0.25) is 0 Å². The van der Waals surface area contributed by atoms with Crippen LogP contribution in [-0.2, 0) is 4.79 Å². The maximum atomic E-state index is 10.6. The van der Waals surface area contributed by atoms with Crippen molar-refractivity contribution in [3.05, 3.63) is 42.0 Å². The van der Waals surface area contributed by atoms with Gasteiger partial charge >= 0.3 is 5.97 Å². The Labute approximate surface area is 109 Å². The van der Waals surface area contributed by atoms with Gasteiger partial charge in [0.1, 0.15) is 0 Å². The van der Waals surface area contributed by atoms with Gasteiger partial charge in [-0.1, -0.05) is 42.5 Å². The van der Waals surface area contributed by atoms with Crippen LogP contribution in [0.1, 0.15) is 25.8 Å². The highest BCUT2D eigenvalue weighted by Gasteiger charge is 2.09. The Bertz CT molecular complexity index is 385. The molecule has 0 aromatic heterocycles. The fraction of sp³-hybridized carbons (Fsp3) is 0.400. The minimum atomic E-state index is -0.743. The van der Waals surface area contributed by atoms with Crippen LogP contribution in [-0.4, -0.2) is 35.1 Å². The maximum absolute atomic E-state index is 10.6. The summed E-state index contributed by atoms with van der Waals surface area (Å²) in [5, 5.41) is 8.70. The van der Waals surface area contributed by atoms with E-state index in [2.05, 4.69) is 30.9 Å². The average molecular weight is 247 g/mol. The van der Waals surface area contributed by atoms with Gasteiger partial charge in [-0.05, 0) is 19.4 Å². The summed E-state index contributed by atoms with van der Waals surface area (Å²) in [5.41, 5.74) is 1.17. The molecule has 0 fully saturated rings. The third kappa shape index (κ3) is 5.64. The van der Waals surface area contributed by atoms with Crippen molar-refractivity contribution in [1.29, 1.82) is 0 Å². The molecule has 3 heteroatoms. The monoisotopic (exact) mass is 247 g/mol. The molecule has 0 atom stereocenters. The number of hydrogen-bond donors (Lipinski definition) is 1. The van der Waals surface area contributed by atoms with E-state index in [9.17, 15) is 4.79 Å². The van der Waals surface area contributed by atoms with Crippen LogP contribution in [0.3, 0.4) is 0 Å². The van der Waals surface area contributed by atoms with E-state index in [1.165, 1.54) is 5.56 Å². The topological polar surface area (TPSA) is 40.5 Å². The number of carboxylic acids is 1. The number of nitrogens with zero attached hydrogens (tertiary/aromatic N) is 1. The van der Waals surface area contributed by atoms with Crippen molar-refractivity contribution in [2.75, 3.05) is 13.1 Å². The van der Waals surface area contributed by atoms with Crippen LogP contribution in [0, 0.1) is 0 Å². The molecule has 0 aliphatic heterocycles. The largest absolute Gasteiger partial charge is 0.481 e. The zero-order valence-corrected chi connectivity index (χ0v) is 11.0. The number of aliphatic carboxylic acids is 1. The fourth-order valence-corrected chi connectivity index (χ4v) is 1.69. The Morgan fingerprint density at radius 3 is 2.56 bits per heavy atom. The Balaban J connectivity index is 2.47. The molecule has 0 bridgehead atoms. The van der Waals surface area contributed by atoms with Crippen molar-refractivity contribution >= 4 is 12.0 Å². The van der Waals surface area contributed by atoms with E-state index in [4.69, 9.17) is 5.11 Å². The first-order valence-electron chi connectivity index (χ1n) is 6.27. The number of benzene rings is 1. The van der Waals surface area contributed by atoms with Crippen LogP contribution in [0.2, 0.25) is 0 Å². The van der Waals surface area contributed by atoms with Crippen LogP contribution in [0.15, 0.2) is 36.4 Å². The predicted octanol–water partition coefficient (Wildman–Crippen LogP) is 2.88. The lowest BCUT2D eigenvalue weighted by atomic mass is 10.2. The van der Waals surface area contributed by atoms with Crippen molar-refractivity contribution in [3.8, 4) is 0 Å².